The Morgan fingerprint density at radius 2 is 2.11 bits per heavy atom. The topological polar surface area (TPSA) is 74.6 Å². The minimum atomic E-state index is 0.608. The highest BCUT2D eigenvalue weighted by molar-refractivity contribution is 5.71. The van der Waals surface area contributed by atoms with Crippen LogP contribution in [-0.2, 0) is 7.05 Å². The van der Waals surface area contributed by atoms with E-state index in [4.69, 9.17) is 5.73 Å². The Balaban J connectivity index is 2.06. The first kappa shape index (κ1) is 11.5. The molecule has 6 heteroatoms. The highest BCUT2D eigenvalue weighted by Gasteiger charge is 2.11. The third kappa shape index (κ3) is 2.08. The van der Waals surface area contributed by atoms with Crippen molar-refractivity contribution in [2.24, 2.45) is 7.05 Å². The summed E-state index contributed by atoms with van der Waals surface area (Å²) in [4.78, 5) is 4.29. The van der Waals surface area contributed by atoms with Gasteiger partial charge >= 0.3 is 0 Å². The average molecular weight is 254 g/mol. The fraction of sp³-hybridized carbons (Fsp3) is 0.154. The second-order valence-corrected chi connectivity index (χ2v) is 4.47. The number of anilines is 1. The van der Waals surface area contributed by atoms with E-state index in [1.807, 2.05) is 32.3 Å². The summed E-state index contributed by atoms with van der Waals surface area (Å²) < 4.78 is 3.41. The second-order valence-electron chi connectivity index (χ2n) is 4.47. The molecule has 0 spiro atoms. The normalized spacial score (nSPS) is 10.8. The van der Waals surface area contributed by atoms with E-state index in [9.17, 15) is 0 Å². The van der Waals surface area contributed by atoms with Crippen molar-refractivity contribution in [3.05, 3.63) is 42.5 Å². The van der Waals surface area contributed by atoms with Crippen molar-refractivity contribution in [2.75, 3.05) is 5.73 Å². The van der Waals surface area contributed by atoms with Gasteiger partial charge in [0.2, 0.25) is 0 Å². The molecular weight excluding hydrogens is 240 g/mol. The van der Waals surface area contributed by atoms with Crippen LogP contribution in [0.3, 0.4) is 0 Å². The van der Waals surface area contributed by atoms with Gasteiger partial charge in [-0.1, -0.05) is 0 Å². The molecule has 0 bridgehead atoms. The molecule has 3 aromatic rings. The number of rotatable bonds is 2. The molecule has 2 N–H and O–H groups in total. The molecule has 0 aromatic carbocycles. The molecule has 19 heavy (non-hydrogen) atoms. The maximum atomic E-state index is 6.01. The van der Waals surface area contributed by atoms with Crippen molar-refractivity contribution in [2.45, 2.75) is 6.92 Å². The number of aromatic nitrogens is 5. The molecule has 0 unspecified atom stereocenters. The van der Waals surface area contributed by atoms with Crippen LogP contribution in [0, 0.1) is 6.92 Å². The van der Waals surface area contributed by atoms with Crippen LogP contribution in [0.25, 0.3) is 17.1 Å². The molecule has 0 saturated heterocycles. The third-order valence-electron chi connectivity index (χ3n) is 2.86. The minimum Gasteiger partial charge on any atom is -0.396 e. The lowest BCUT2D eigenvalue weighted by Crippen LogP contribution is -1.98. The van der Waals surface area contributed by atoms with Gasteiger partial charge in [0.1, 0.15) is 5.69 Å². The Morgan fingerprint density at radius 3 is 2.79 bits per heavy atom. The van der Waals surface area contributed by atoms with Gasteiger partial charge in [-0.15, -0.1) is 0 Å². The molecule has 0 fully saturated rings. The minimum absolute atomic E-state index is 0.608. The Bertz CT molecular complexity index is 724. The van der Waals surface area contributed by atoms with Crippen LogP contribution in [0.2, 0.25) is 0 Å². The molecule has 3 aromatic heterocycles. The van der Waals surface area contributed by atoms with E-state index in [-0.39, 0.29) is 0 Å². The van der Waals surface area contributed by atoms with Crippen LogP contribution in [0.1, 0.15) is 5.56 Å². The van der Waals surface area contributed by atoms with Gasteiger partial charge < -0.3 is 5.73 Å². The molecule has 0 saturated carbocycles. The van der Waals surface area contributed by atoms with Crippen LogP contribution in [0.4, 0.5) is 5.69 Å². The zero-order valence-electron chi connectivity index (χ0n) is 10.8. The summed E-state index contributed by atoms with van der Waals surface area (Å²) >= 11 is 0. The van der Waals surface area contributed by atoms with E-state index in [0.29, 0.717) is 5.69 Å². The van der Waals surface area contributed by atoms with Crippen molar-refractivity contribution in [3.63, 3.8) is 0 Å². The van der Waals surface area contributed by atoms with Gasteiger partial charge in [0, 0.05) is 25.0 Å². The first-order chi connectivity index (χ1) is 9.13. The number of aryl methyl sites for hydroxylation is 2. The molecule has 0 aliphatic heterocycles. The molecule has 6 nitrogen and oxygen atoms in total. The summed E-state index contributed by atoms with van der Waals surface area (Å²) in [7, 11) is 1.86. The summed E-state index contributed by atoms with van der Waals surface area (Å²) in [6.07, 6.45) is 7.15. The predicted molar refractivity (Wildman–Crippen MR) is 72.7 cm³/mol. The van der Waals surface area contributed by atoms with E-state index in [2.05, 4.69) is 15.2 Å². The molecular formula is C13H14N6. The fourth-order valence-corrected chi connectivity index (χ4v) is 1.92. The van der Waals surface area contributed by atoms with Gasteiger partial charge in [-0.3, -0.25) is 4.68 Å². The van der Waals surface area contributed by atoms with Crippen molar-refractivity contribution < 1.29 is 0 Å². The first-order valence-electron chi connectivity index (χ1n) is 5.90. The zero-order chi connectivity index (χ0) is 13.4. The fourth-order valence-electron chi connectivity index (χ4n) is 1.92. The van der Waals surface area contributed by atoms with Crippen LogP contribution in [0.5, 0.6) is 0 Å². The van der Waals surface area contributed by atoms with Crippen molar-refractivity contribution >= 4 is 5.69 Å². The van der Waals surface area contributed by atoms with Gasteiger partial charge in [0.05, 0.1) is 18.1 Å². The highest BCUT2D eigenvalue weighted by Crippen LogP contribution is 2.24. The van der Waals surface area contributed by atoms with E-state index in [1.165, 1.54) is 0 Å². The van der Waals surface area contributed by atoms with Crippen molar-refractivity contribution in [1.29, 1.82) is 0 Å². The molecule has 3 rings (SSSR count). The lowest BCUT2D eigenvalue weighted by atomic mass is 10.2. The Morgan fingerprint density at radius 1 is 1.26 bits per heavy atom. The largest absolute Gasteiger partial charge is 0.396 e. The number of nitrogen functional groups attached to an aromatic ring is 1. The van der Waals surface area contributed by atoms with Gasteiger partial charge in [0.25, 0.3) is 0 Å². The summed E-state index contributed by atoms with van der Waals surface area (Å²) in [5, 5.41) is 8.61. The van der Waals surface area contributed by atoms with Crippen LogP contribution < -0.4 is 5.73 Å². The van der Waals surface area contributed by atoms with E-state index < -0.39 is 0 Å². The Kier molecular flexibility index (Phi) is 2.56. The maximum absolute atomic E-state index is 6.01. The first-order valence-corrected chi connectivity index (χ1v) is 5.90. The van der Waals surface area contributed by atoms with Gasteiger partial charge in [0.15, 0.2) is 5.82 Å². The van der Waals surface area contributed by atoms with E-state index in [1.54, 1.807) is 28.0 Å². The maximum Gasteiger partial charge on any atom is 0.153 e. The van der Waals surface area contributed by atoms with E-state index >= 15 is 0 Å². The number of nitrogens with two attached hydrogens (primary N) is 1. The number of nitrogens with zero attached hydrogens (tertiary/aromatic N) is 5. The monoisotopic (exact) mass is 254 g/mol. The zero-order valence-corrected chi connectivity index (χ0v) is 10.8. The molecule has 0 aliphatic rings. The lowest BCUT2D eigenvalue weighted by Gasteiger charge is -2.00. The van der Waals surface area contributed by atoms with Gasteiger partial charge in [-0.05, 0) is 24.6 Å². The molecule has 0 aliphatic carbocycles. The quantitative estimate of drug-likeness (QED) is 0.753. The molecule has 0 radical (unpaired) electrons. The molecule has 96 valence electrons. The van der Waals surface area contributed by atoms with E-state index in [0.717, 1.165) is 22.6 Å². The van der Waals surface area contributed by atoms with Crippen molar-refractivity contribution in [1.82, 2.24) is 24.5 Å². The summed E-state index contributed by atoms with van der Waals surface area (Å²) in [6, 6.07) is 3.90. The summed E-state index contributed by atoms with van der Waals surface area (Å²) in [6.45, 7) is 2.01. The van der Waals surface area contributed by atoms with Gasteiger partial charge in [-0.2, -0.15) is 10.2 Å². The predicted octanol–water partition coefficient (Wildman–Crippen LogP) is 1.56. The second kappa shape index (κ2) is 4.24. The third-order valence-corrected chi connectivity index (χ3v) is 2.86. The van der Waals surface area contributed by atoms with Crippen LogP contribution >= 0.6 is 0 Å². The van der Waals surface area contributed by atoms with Gasteiger partial charge in [-0.25, -0.2) is 9.67 Å². The summed E-state index contributed by atoms with van der Waals surface area (Å²) in [5.41, 5.74) is 9.36. The smallest absolute Gasteiger partial charge is 0.153 e. The Labute approximate surface area is 110 Å². The standard InChI is InChI=1S/C13H14N6/c1-9-3-4-15-12(5-9)19-8-11(14)13(17-19)10-6-16-18(2)7-10/h3-8H,14H2,1-2H3. The van der Waals surface area contributed by atoms with Crippen LogP contribution in [-0.4, -0.2) is 24.5 Å². The molecule has 0 atom stereocenters. The number of hydrogen-bond acceptors (Lipinski definition) is 4. The number of pyridine rings is 1. The van der Waals surface area contributed by atoms with Crippen LogP contribution in [0.15, 0.2) is 36.9 Å². The molecule has 0 amide bonds. The molecule has 3 heterocycles. The highest BCUT2D eigenvalue weighted by atomic mass is 15.3. The number of hydrogen-bond donors (Lipinski definition) is 1. The van der Waals surface area contributed by atoms with Crippen molar-refractivity contribution in [3.8, 4) is 17.1 Å². The summed E-state index contributed by atoms with van der Waals surface area (Å²) in [5.74, 6) is 0.752. The lowest BCUT2D eigenvalue weighted by molar-refractivity contribution is 0.768. The SMILES string of the molecule is Cc1ccnc(-n2cc(N)c(-c3cnn(C)c3)n2)c1. The Hall–Kier alpha value is -2.63. The average Bonchev–Trinajstić information content (AvgIpc) is 2.95.